The first-order valence-electron chi connectivity index (χ1n) is 10.2. The summed E-state index contributed by atoms with van der Waals surface area (Å²) in [5.74, 6) is 0.193. The zero-order chi connectivity index (χ0) is 23.8. The molecule has 2 heterocycles. The molecule has 0 aliphatic carbocycles. The van der Waals surface area contributed by atoms with E-state index in [-0.39, 0.29) is 40.4 Å². The van der Waals surface area contributed by atoms with Crippen molar-refractivity contribution in [1.82, 2.24) is 9.78 Å². The van der Waals surface area contributed by atoms with Gasteiger partial charge in [-0.25, -0.2) is 8.42 Å². The maximum absolute atomic E-state index is 13.1. The molecular formula is C22H21ClN4O5S. The number of halogens is 1. The Kier molecular flexibility index (Phi) is 6.13. The number of fused-ring (bicyclic) bond motifs is 1. The van der Waals surface area contributed by atoms with Crippen LogP contribution in [-0.4, -0.2) is 36.6 Å². The van der Waals surface area contributed by atoms with E-state index in [9.17, 15) is 18.0 Å². The Balaban J connectivity index is 1.73. The fraction of sp³-hybridized carbons (Fsp3) is 0.227. The summed E-state index contributed by atoms with van der Waals surface area (Å²) in [6.07, 6.45) is 0.0819. The van der Waals surface area contributed by atoms with Crippen molar-refractivity contribution in [3.05, 3.63) is 53.2 Å². The minimum absolute atomic E-state index is 0.0215. The number of anilines is 2. The van der Waals surface area contributed by atoms with Crippen molar-refractivity contribution in [2.75, 3.05) is 16.6 Å². The Bertz CT molecular complexity index is 1350. The number of hydrogen-bond donors (Lipinski definition) is 2. The fourth-order valence-electron chi connectivity index (χ4n) is 3.55. The van der Waals surface area contributed by atoms with E-state index in [1.54, 1.807) is 37.3 Å². The predicted octanol–water partition coefficient (Wildman–Crippen LogP) is 4.08. The Morgan fingerprint density at radius 3 is 2.58 bits per heavy atom. The topological polar surface area (TPSA) is 119 Å². The Morgan fingerprint density at radius 1 is 1.15 bits per heavy atom. The van der Waals surface area contributed by atoms with Crippen LogP contribution in [0.3, 0.4) is 0 Å². The summed E-state index contributed by atoms with van der Waals surface area (Å²) in [5, 5.41) is 6.97. The number of nitrogens with zero attached hydrogens (tertiary/aromatic N) is 2. The van der Waals surface area contributed by atoms with Crippen molar-refractivity contribution >= 4 is 44.9 Å². The van der Waals surface area contributed by atoms with Crippen LogP contribution in [0.25, 0.3) is 11.1 Å². The highest BCUT2D eigenvalue weighted by Gasteiger charge is 2.27. The standard InChI is InChI=1S/C22H21ClN4O5S/c1-3-32-16-7-5-15(6-8-16)26-33(30,31)18-12-14(4-9-17(18)23)21-13(2)25-27-20(29)11-10-19(28)24-22(21)27/h4-9,12,26H,3,10-11H2,1-2H3,(H,24,28). The summed E-state index contributed by atoms with van der Waals surface area (Å²) in [7, 11) is -4.05. The van der Waals surface area contributed by atoms with Crippen molar-refractivity contribution in [1.29, 1.82) is 0 Å². The zero-order valence-corrected chi connectivity index (χ0v) is 19.5. The molecule has 11 heteroatoms. The van der Waals surface area contributed by atoms with E-state index >= 15 is 0 Å². The highest BCUT2D eigenvalue weighted by Crippen LogP contribution is 2.36. The van der Waals surface area contributed by atoms with Gasteiger partial charge in [-0.3, -0.25) is 14.3 Å². The molecule has 0 saturated heterocycles. The van der Waals surface area contributed by atoms with Gasteiger partial charge in [-0.05, 0) is 55.8 Å². The summed E-state index contributed by atoms with van der Waals surface area (Å²) >= 11 is 6.25. The zero-order valence-electron chi connectivity index (χ0n) is 17.9. The summed E-state index contributed by atoms with van der Waals surface area (Å²) in [4.78, 5) is 24.3. The number of aromatic nitrogens is 2. The second-order valence-corrected chi connectivity index (χ2v) is 9.43. The van der Waals surface area contributed by atoms with Gasteiger partial charge in [-0.15, -0.1) is 0 Å². The van der Waals surface area contributed by atoms with E-state index in [1.807, 2.05) is 6.92 Å². The van der Waals surface area contributed by atoms with Gasteiger partial charge in [0, 0.05) is 24.1 Å². The van der Waals surface area contributed by atoms with Crippen LogP contribution in [0.4, 0.5) is 11.5 Å². The predicted molar refractivity (Wildman–Crippen MR) is 124 cm³/mol. The van der Waals surface area contributed by atoms with Crippen molar-refractivity contribution in [2.45, 2.75) is 31.6 Å². The van der Waals surface area contributed by atoms with E-state index in [0.717, 1.165) is 4.68 Å². The van der Waals surface area contributed by atoms with Crippen molar-refractivity contribution in [3.8, 4) is 16.9 Å². The SMILES string of the molecule is CCOc1ccc(NS(=O)(=O)c2cc(-c3c(C)nn4c3NC(=O)CCC4=O)ccc2Cl)cc1. The van der Waals surface area contributed by atoms with Crippen LogP contribution in [0, 0.1) is 6.92 Å². The quantitative estimate of drug-likeness (QED) is 0.539. The van der Waals surface area contributed by atoms with E-state index < -0.39 is 10.0 Å². The minimum Gasteiger partial charge on any atom is -0.494 e. The van der Waals surface area contributed by atoms with Gasteiger partial charge in [0.05, 0.1) is 17.3 Å². The van der Waals surface area contributed by atoms with Gasteiger partial charge >= 0.3 is 0 Å². The molecule has 1 aliphatic heterocycles. The van der Waals surface area contributed by atoms with Gasteiger partial charge in [0.1, 0.15) is 16.5 Å². The lowest BCUT2D eigenvalue weighted by molar-refractivity contribution is -0.116. The Morgan fingerprint density at radius 2 is 1.88 bits per heavy atom. The van der Waals surface area contributed by atoms with E-state index in [2.05, 4.69) is 15.1 Å². The van der Waals surface area contributed by atoms with Crippen LogP contribution in [-0.2, 0) is 14.8 Å². The monoisotopic (exact) mass is 488 g/mol. The van der Waals surface area contributed by atoms with Gasteiger partial charge in [0.2, 0.25) is 11.8 Å². The number of hydrogen-bond acceptors (Lipinski definition) is 6. The molecule has 4 rings (SSSR count). The first-order chi connectivity index (χ1) is 15.7. The van der Waals surface area contributed by atoms with Gasteiger partial charge in [-0.2, -0.15) is 9.78 Å². The van der Waals surface area contributed by atoms with Crippen LogP contribution < -0.4 is 14.8 Å². The minimum atomic E-state index is -4.05. The van der Waals surface area contributed by atoms with Crippen LogP contribution in [0.2, 0.25) is 5.02 Å². The number of carbonyl (C=O) groups excluding carboxylic acids is 2. The number of nitrogens with one attached hydrogen (secondary N) is 2. The first kappa shape index (κ1) is 22.8. The van der Waals surface area contributed by atoms with Gasteiger partial charge in [0.15, 0.2) is 0 Å². The molecule has 2 aromatic carbocycles. The number of rotatable bonds is 6. The molecule has 1 aromatic heterocycles. The molecule has 0 unspecified atom stereocenters. The number of aryl methyl sites for hydroxylation is 1. The summed E-state index contributed by atoms with van der Waals surface area (Å²) in [5.41, 5.74) is 1.70. The van der Waals surface area contributed by atoms with Crippen molar-refractivity contribution in [3.63, 3.8) is 0 Å². The van der Waals surface area contributed by atoms with E-state index in [0.29, 0.717) is 34.9 Å². The van der Waals surface area contributed by atoms with Gasteiger partial charge in [-0.1, -0.05) is 17.7 Å². The second-order valence-electron chi connectivity index (χ2n) is 7.37. The molecule has 0 saturated carbocycles. The highest BCUT2D eigenvalue weighted by atomic mass is 35.5. The smallest absolute Gasteiger partial charge is 0.263 e. The number of ether oxygens (including phenoxy) is 1. The van der Waals surface area contributed by atoms with Crippen LogP contribution in [0.15, 0.2) is 47.4 Å². The van der Waals surface area contributed by atoms with E-state index in [1.165, 1.54) is 12.1 Å². The van der Waals surface area contributed by atoms with Crippen molar-refractivity contribution < 1.29 is 22.7 Å². The number of sulfonamides is 1. The number of carbonyl (C=O) groups is 2. The molecule has 0 radical (unpaired) electrons. The van der Waals surface area contributed by atoms with Crippen molar-refractivity contribution in [2.24, 2.45) is 0 Å². The molecular weight excluding hydrogens is 468 g/mol. The molecule has 33 heavy (non-hydrogen) atoms. The lowest BCUT2D eigenvalue weighted by Crippen LogP contribution is -2.14. The molecule has 1 amide bonds. The summed E-state index contributed by atoms with van der Waals surface area (Å²) in [6.45, 7) is 4.03. The average molecular weight is 489 g/mol. The summed E-state index contributed by atoms with van der Waals surface area (Å²) in [6, 6.07) is 10.9. The third kappa shape index (κ3) is 4.57. The normalized spacial score (nSPS) is 13.8. The maximum Gasteiger partial charge on any atom is 0.263 e. The molecule has 0 atom stereocenters. The molecule has 3 aromatic rings. The van der Waals surface area contributed by atoms with Crippen LogP contribution >= 0.6 is 11.6 Å². The molecule has 0 bridgehead atoms. The third-order valence-electron chi connectivity index (χ3n) is 5.05. The molecule has 0 fully saturated rings. The molecule has 9 nitrogen and oxygen atoms in total. The lowest BCUT2D eigenvalue weighted by Gasteiger charge is -2.13. The number of benzene rings is 2. The van der Waals surface area contributed by atoms with Gasteiger partial charge in [0.25, 0.3) is 10.0 Å². The largest absolute Gasteiger partial charge is 0.494 e. The van der Waals surface area contributed by atoms with Gasteiger partial charge < -0.3 is 10.1 Å². The van der Waals surface area contributed by atoms with Crippen LogP contribution in [0.5, 0.6) is 5.75 Å². The Labute approximate surface area is 195 Å². The third-order valence-corrected chi connectivity index (χ3v) is 6.91. The molecule has 172 valence electrons. The average Bonchev–Trinajstić information content (AvgIpc) is 3.02. The van der Waals surface area contributed by atoms with Crippen LogP contribution in [0.1, 0.15) is 30.3 Å². The molecule has 0 spiro atoms. The van der Waals surface area contributed by atoms with E-state index in [4.69, 9.17) is 16.3 Å². The second kappa shape index (κ2) is 8.87. The number of amides is 1. The fourth-order valence-corrected chi connectivity index (χ4v) is 5.14. The highest BCUT2D eigenvalue weighted by molar-refractivity contribution is 7.92. The Hall–Kier alpha value is -3.37. The first-order valence-corrected chi connectivity index (χ1v) is 12.0. The lowest BCUT2D eigenvalue weighted by atomic mass is 10.1. The molecule has 1 aliphatic rings. The molecule has 2 N–H and O–H groups in total. The summed E-state index contributed by atoms with van der Waals surface area (Å²) < 4.78 is 35.3. The maximum atomic E-state index is 13.1.